The smallest absolute Gasteiger partial charge is 0.332 e. The maximum absolute atomic E-state index is 10.3. The number of urea groups is 1. The standard InChI is InChI=1S/C8H15N3O2/c9-8(13)11-10-5-6-3-1-2-4-7(6)12/h5-7,12H,1-4H2,(H3,9,11,13)/b10-5-. The lowest BCUT2D eigenvalue weighted by Crippen LogP contribution is -2.28. The van der Waals surface area contributed by atoms with Crippen molar-refractivity contribution >= 4 is 12.2 Å². The lowest BCUT2D eigenvalue weighted by Gasteiger charge is -2.23. The van der Waals surface area contributed by atoms with Gasteiger partial charge in [0.2, 0.25) is 0 Å². The van der Waals surface area contributed by atoms with Gasteiger partial charge in [-0.2, -0.15) is 5.10 Å². The number of rotatable bonds is 2. The average molecular weight is 185 g/mol. The second-order valence-corrected chi connectivity index (χ2v) is 3.27. The van der Waals surface area contributed by atoms with E-state index in [2.05, 4.69) is 10.5 Å². The summed E-state index contributed by atoms with van der Waals surface area (Å²) in [6.07, 6.45) is 5.14. The predicted molar refractivity (Wildman–Crippen MR) is 49.2 cm³/mol. The molecular formula is C8H15N3O2. The first-order chi connectivity index (χ1) is 6.20. The van der Waals surface area contributed by atoms with Crippen molar-refractivity contribution in [3.8, 4) is 0 Å². The summed E-state index contributed by atoms with van der Waals surface area (Å²) in [6, 6.07) is -0.679. The highest BCUT2D eigenvalue weighted by Crippen LogP contribution is 2.22. The number of carbonyl (C=O) groups is 1. The molecule has 2 atom stereocenters. The first-order valence-corrected chi connectivity index (χ1v) is 4.47. The monoisotopic (exact) mass is 185 g/mol. The lowest BCUT2D eigenvalue weighted by atomic mass is 9.87. The molecule has 0 aromatic carbocycles. The maximum atomic E-state index is 10.3. The number of primary amides is 1. The molecule has 2 amide bonds. The van der Waals surface area contributed by atoms with Gasteiger partial charge >= 0.3 is 6.03 Å². The number of amides is 2. The molecule has 0 spiro atoms. The van der Waals surface area contributed by atoms with E-state index in [4.69, 9.17) is 5.73 Å². The number of hydrogen-bond donors (Lipinski definition) is 3. The third-order valence-corrected chi connectivity index (χ3v) is 2.22. The number of nitrogens with zero attached hydrogens (tertiary/aromatic N) is 1. The van der Waals surface area contributed by atoms with Gasteiger partial charge in [0.05, 0.1) is 6.10 Å². The van der Waals surface area contributed by atoms with Gasteiger partial charge in [-0.1, -0.05) is 12.8 Å². The van der Waals surface area contributed by atoms with Gasteiger partial charge in [0, 0.05) is 12.1 Å². The number of nitrogens with two attached hydrogens (primary N) is 1. The van der Waals surface area contributed by atoms with Crippen LogP contribution in [-0.4, -0.2) is 23.5 Å². The van der Waals surface area contributed by atoms with Gasteiger partial charge in [0.15, 0.2) is 0 Å². The van der Waals surface area contributed by atoms with Crippen LogP contribution in [0.15, 0.2) is 5.10 Å². The van der Waals surface area contributed by atoms with E-state index < -0.39 is 6.03 Å². The Morgan fingerprint density at radius 1 is 1.54 bits per heavy atom. The third-order valence-electron chi connectivity index (χ3n) is 2.22. The zero-order valence-electron chi connectivity index (χ0n) is 7.44. The number of hydrazone groups is 1. The summed E-state index contributed by atoms with van der Waals surface area (Å²) in [4.78, 5) is 10.3. The highest BCUT2D eigenvalue weighted by molar-refractivity contribution is 5.73. The number of nitrogens with one attached hydrogen (secondary N) is 1. The number of carbonyl (C=O) groups excluding carboxylic acids is 1. The Balaban J connectivity index is 2.33. The minimum Gasteiger partial charge on any atom is -0.392 e. The van der Waals surface area contributed by atoms with Crippen LogP contribution >= 0.6 is 0 Å². The van der Waals surface area contributed by atoms with Gasteiger partial charge in [0.1, 0.15) is 0 Å². The average Bonchev–Trinajstić information content (AvgIpc) is 2.08. The zero-order valence-corrected chi connectivity index (χ0v) is 7.44. The highest BCUT2D eigenvalue weighted by atomic mass is 16.3. The third kappa shape index (κ3) is 3.42. The Hall–Kier alpha value is -1.10. The molecule has 1 aliphatic rings. The van der Waals surface area contributed by atoms with Crippen LogP contribution in [0.3, 0.4) is 0 Å². The van der Waals surface area contributed by atoms with Crippen molar-refractivity contribution in [2.45, 2.75) is 31.8 Å². The summed E-state index contributed by atoms with van der Waals surface area (Å²) in [6.45, 7) is 0. The van der Waals surface area contributed by atoms with Crippen LogP contribution in [0.25, 0.3) is 0 Å². The normalized spacial score (nSPS) is 29.0. The molecule has 74 valence electrons. The molecule has 0 saturated heterocycles. The molecule has 0 bridgehead atoms. The summed E-state index contributed by atoms with van der Waals surface area (Å²) >= 11 is 0. The molecule has 2 unspecified atom stereocenters. The first kappa shape index (κ1) is 9.98. The maximum Gasteiger partial charge on any atom is 0.332 e. The molecule has 1 aliphatic carbocycles. The number of hydrogen-bond acceptors (Lipinski definition) is 3. The van der Waals surface area contributed by atoms with E-state index in [0.29, 0.717) is 0 Å². The van der Waals surface area contributed by atoms with Crippen molar-refractivity contribution in [2.75, 3.05) is 0 Å². The van der Waals surface area contributed by atoms with Gasteiger partial charge in [-0.15, -0.1) is 0 Å². The minimum atomic E-state index is -0.679. The van der Waals surface area contributed by atoms with Crippen molar-refractivity contribution in [1.29, 1.82) is 0 Å². The van der Waals surface area contributed by atoms with E-state index in [-0.39, 0.29) is 12.0 Å². The Bertz CT molecular complexity index is 206. The van der Waals surface area contributed by atoms with Crippen molar-refractivity contribution < 1.29 is 9.90 Å². The first-order valence-electron chi connectivity index (χ1n) is 4.47. The summed E-state index contributed by atoms with van der Waals surface area (Å²) in [7, 11) is 0. The zero-order chi connectivity index (χ0) is 9.68. The SMILES string of the molecule is NC(=O)N/N=C\C1CCCCC1O. The van der Waals surface area contributed by atoms with Crippen LogP contribution in [0.2, 0.25) is 0 Å². The Labute approximate surface area is 77.0 Å². The van der Waals surface area contributed by atoms with Gasteiger partial charge in [-0.25, -0.2) is 10.2 Å². The van der Waals surface area contributed by atoms with Crippen molar-refractivity contribution in [2.24, 2.45) is 16.8 Å². The molecule has 1 fully saturated rings. The van der Waals surface area contributed by atoms with E-state index in [1.807, 2.05) is 0 Å². The molecule has 0 aromatic rings. The van der Waals surface area contributed by atoms with Crippen molar-refractivity contribution in [3.63, 3.8) is 0 Å². The lowest BCUT2D eigenvalue weighted by molar-refractivity contribution is 0.103. The topological polar surface area (TPSA) is 87.7 Å². The van der Waals surface area contributed by atoms with Crippen LogP contribution < -0.4 is 11.2 Å². The molecule has 0 aromatic heterocycles. The van der Waals surface area contributed by atoms with Gasteiger partial charge < -0.3 is 10.8 Å². The summed E-state index contributed by atoms with van der Waals surface area (Å²) in [5.74, 6) is 0.0561. The van der Waals surface area contributed by atoms with Crippen molar-refractivity contribution in [1.82, 2.24) is 5.43 Å². The molecule has 0 heterocycles. The largest absolute Gasteiger partial charge is 0.392 e. The van der Waals surface area contributed by atoms with Gasteiger partial charge in [0.25, 0.3) is 0 Å². The fourth-order valence-electron chi connectivity index (χ4n) is 1.51. The van der Waals surface area contributed by atoms with E-state index in [1.54, 1.807) is 6.21 Å². The fraction of sp³-hybridized carbons (Fsp3) is 0.750. The Kier molecular flexibility index (Phi) is 3.70. The fourth-order valence-corrected chi connectivity index (χ4v) is 1.51. The Morgan fingerprint density at radius 3 is 2.85 bits per heavy atom. The summed E-state index contributed by atoms with van der Waals surface area (Å²) in [5.41, 5.74) is 6.93. The summed E-state index contributed by atoms with van der Waals surface area (Å²) < 4.78 is 0. The molecule has 13 heavy (non-hydrogen) atoms. The molecule has 4 N–H and O–H groups in total. The van der Waals surface area contributed by atoms with Crippen LogP contribution in [0.4, 0.5) is 4.79 Å². The quantitative estimate of drug-likeness (QED) is 0.423. The number of aliphatic hydroxyl groups excluding tert-OH is 1. The molecule has 5 nitrogen and oxygen atoms in total. The second-order valence-electron chi connectivity index (χ2n) is 3.27. The van der Waals surface area contributed by atoms with E-state index in [9.17, 15) is 9.90 Å². The molecule has 1 saturated carbocycles. The molecule has 5 heteroatoms. The predicted octanol–water partition coefficient (Wildman–Crippen LogP) is 0.192. The molecule has 0 radical (unpaired) electrons. The molecule has 1 rings (SSSR count). The van der Waals surface area contributed by atoms with E-state index in [1.165, 1.54) is 0 Å². The van der Waals surface area contributed by atoms with Crippen LogP contribution in [0.1, 0.15) is 25.7 Å². The summed E-state index contributed by atoms with van der Waals surface area (Å²) in [5, 5.41) is 13.1. The highest BCUT2D eigenvalue weighted by Gasteiger charge is 2.20. The molecule has 0 aliphatic heterocycles. The van der Waals surface area contributed by atoms with Crippen LogP contribution in [0.5, 0.6) is 0 Å². The van der Waals surface area contributed by atoms with E-state index >= 15 is 0 Å². The van der Waals surface area contributed by atoms with Gasteiger partial charge in [-0.05, 0) is 12.8 Å². The van der Waals surface area contributed by atoms with E-state index in [0.717, 1.165) is 25.7 Å². The van der Waals surface area contributed by atoms with Crippen LogP contribution in [0, 0.1) is 5.92 Å². The second kappa shape index (κ2) is 4.81. The number of aliphatic hydroxyl groups is 1. The van der Waals surface area contributed by atoms with Crippen molar-refractivity contribution in [3.05, 3.63) is 0 Å². The minimum absolute atomic E-state index is 0.0561. The van der Waals surface area contributed by atoms with Crippen LogP contribution in [-0.2, 0) is 0 Å². The Morgan fingerprint density at radius 2 is 2.23 bits per heavy atom. The van der Waals surface area contributed by atoms with Gasteiger partial charge in [-0.3, -0.25) is 0 Å². The molecular weight excluding hydrogens is 170 g/mol.